The van der Waals surface area contributed by atoms with Crippen molar-refractivity contribution in [2.24, 2.45) is 17.2 Å². The van der Waals surface area contributed by atoms with Gasteiger partial charge in [0.2, 0.25) is 17.7 Å². The summed E-state index contributed by atoms with van der Waals surface area (Å²) < 4.78 is 0. The zero-order chi connectivity index (χ0) is 23.1. The average molecular weight is 433 g/mol. The van der Waals surface area contributed by atoms with E-state index in [-0.39, 0.29) is 17.0 Å². The Hall–Kier alpha value is -2.41. The largest absolute Gasteiger partial charge is 0.366 e. The first-order chi connectivity index (χ1) is 14.9. The minimum absolute atomic E-state index is 0.163. The molecule has 0 saturated heterocycles. The van der Waals surface area contributed by atoms with Crippen molar-refractivity contribution < 1.29 is 14.4 Å². The molecule has 1 rings (SSSR count). The number of carbonyl (C=O) groups is 3. The highest BCUT2D eigenvalue weighted by atomic mass is 16.2. The SMILES string of the molecule is CCCCCCCCCCNC(=O)[C@@H](CCCCN)c1cc(C(N)=O)ccc1C(N)=O. The Morgan fingerprint density at radius 2 is 1.52 bits per heavy atom. The summed E-state index contributed by atoms with van der Waals surface area (Å²) in [6.07, 6.45) is 11.5. The van der Waals surface area contributed by atoms with E-state index in [9.17, 15) is 14.4 Å². The van der Waals surface area contributed by atoms with Crippen LogP contribution in [0, 0.1) is 0 Å². The Kier molecular flexibility index (Phi) is 13.2. The van der Waals surface area contributed by atoms with Crippen LogP contribution in [0.25, 0.3) is 0 Å². The van der Waals surface area contributed by atoms with Crippen LogP contribution in [0.5, 0.6) is 0 Å². The van der Waals surface area contributed by atoms with Crippen molar-refractivity contribution in [2.75, 3.05) is 13.1 Å². The third-order valence-corrected chi connectivity index (χ3v) is 5.57. The Balaban J connectivity index is 2.76. The van der Waals surface area contributed by atoms with Gasteiger partial charge in [-0.15, -0.1) is 0 Å². The van der Waals surface area contributed by atoms with Crippen LogP contribution in [-0.2, 0) is 4.79 Å². The molecule has 0 unspecified atom stereocenters. The minimum Gasteiger partial charge on any atom is -0.366 e. The molecule has 0 bridgehead atoms. The molecule has 0 heterocycles. The lowest BCUT2D eigenvalue weighted by atomic mass is 9.87. The molecule has 7 nitrogen and oxygen atoms in total. The van der Waals surface area contributed by atoms with E-state index in [1.165, 1.54) is 56.7 Å². The predicted molar refractivity (Wildman–Crippen MR) is 125 cm³/mol. The van der Waals surface area contributed by atoms with Gasteiger partial charge >= 0.3 is 0 Å². The van der Waals surface area contributed by atoms with E-state index >= 15 is 0 Å². The Labute approximate surface area is 186 Å². The summed E-state index contributed by atoms with van der Waals surface area (Å²) in [7, 11) is 0. The third kappa shape index (κ3) is 9.96. The quantitative estimate of drug-likeness (QED) is 0.280. The summed E-state index contributed by atoms with van der Waals surface area (Å²) in [6.45, 7) is 3.32. The molecule has 1 aromatic carbocycles. The number of carbonyl (C=O) groups excluding carboxylic acids is 3. The van der Waals surface area contributed by atoms with Crippen LogP contribution >= 0.6 is 0 Å². The monoisotopic (exact) mass is 432 g/mol. The first-order valence-electron chi connectivity index (χ1n) is 11.6. The summed E-state index contributed by atoms with van der Waals surface area (Å²) in [5.74, 6) is -1.99. The van der Waals surface area contributed by atoms with E-state index in [0.717, 1.165) is 25.7 Å². The van der Waals surface area contributed by atoms with Crippen LogP contribution < -0.4 is 22.5 Å². The van der Waals surface area contributed by atoms with Crippen LogP contribution in [0.1, 0.15) is 110 Å². The fourth-order valence-electron chi connectivity index (χ4n) is 3.74. The van der Waals surface area contributed by atoms with Crippen LogP contribution in [0.15, 0.2) is 18.2 Å². The number of hydrogen-bond donors (Lipinski definition) is 4. The molecule has 1 aromatic rings. The summed E-state index contributed by atoms with van der Waals surface area (Å²) in [5, 5.41) is 3.00. The van der Waals surface area contributed by atoms with Crippen LogP contribution in [0.4, 0.5) is 0 Å². The zero-order valence-corrected chi connectivity index (χ0v) is 19.0. The van der Waals surface area contributed by atoms with Gasteiger partial charge in [0.25, 0.3) is 0 Å². The van der Waals surface area contributed by atoms with E-state index in [1.54, 1.807) is 0 Å². The van der Waals surface area contributed by atoms with Crippen molar-refractivity contribution in [2.45, 2.75) is 83.5 Å². The Bertz CT molecular complexity index is 706. The van der Waals surface area contributed by atoms with Crippen molar-refractivity contribution in [1.29, 1.82) is 0 Å². The smallest absolute Gasteiger partial charge is 0.249 e. The molecule has 0 radical (unpaired) electrons. The van der Waals surface area contributed by atoms with Crippen molar-refractivity contribution in [3.8, 4) is 0 Å². The highest BCUT2D eigenvalue weighted by molar-refractivity contribution is 6.00. The minimum atomic E-state index is -0.634. The van der Waals surface area contributed by atoms with E-state index in [2.05, 4.69) is 12.2 Å². The standard InChI is InChI=1S/C24H40N4O3/c1-2-3-4-5-6-7-8-11-16-28-24(31)20(12-9-10-15-25)21-17-18(22(26)29)13-14-19(21)23(27)30/h13-14,17,20H,2-12,15-16,25H2,1H3,(H2,26,29)(H2,27,30)(H,28,31)/t20-/m0/s1. The first kappa shape index (κ1) is 26.6. The van der Waals surface area contributed by atoms with E-state index in [4.69, 9.17) is 17.2 Å². The summed E-state index contributed by atoms with van der Waals surface area (Å²) in [4.78, 5) is 36.6. The van der Waals surface area contributed by atoms with Gasteiger partial charge in [0.1, 0.15) is 0 Å². The summed E-state index contributed by atoms with van der Waals surface area (Å²) in [5.41, 5.74) is 17.5. The van der Waals surface area contributed by atoms with E-state index in [1.807, 2.05) is 0 Å². The number of unbranched alkanes of at least 4 members (excludes halogenated alkanes) is 8. The lowest BCUT2D eigenvalue weighted by Crippen LogP contribution is -2.32. The summed E-state index contributed by atoms with van der Waals surface area (Å²) >= 11 is 0. The first-order valence-corrected chi connectivity index (χ1v) is 11.6. The van der Waals surface area contributed by atoms with Crippen molar-refractivity contribution in [3.05, 3.63) is 34.9 Å². The number of hydrogen-bond acceptors (Lipinski definition) is 4. The molecule has 0 aliphatic heterocycles. The molecule has 7 N–H and O–H groups in total. The van der Waals surface area contributed by atoms with Gasteiger partial charge < -0.3 is 22.5 Å². The fraction of sp³-hybridized carbons (Fsp3) is 0.625. The second-order valence-corrected chi connectivity index (χ2v) is 8.13. The van der Waals surface area contributed by atoms with E-state index in [0.29, 0.717) is 25.1 Å². The molecule has 1 atom stereocenters. The molecule has 0 aliphatic carbocycles. The topological polar surface area (TPSA) is 141 Å². The maximum atomic E-state index is 13.0. The molecule has 0 saturated carbocycles. The molecular formula is C24H40N4O3. The van der Waals surface area contributed by atoms with Gasteiger partial charge in [0.15, 0.2) is 0 Å². The lowest BCUT2D eigenvalue weighted by Gasteiger charge is -2.20. The fourth-order valence-corrected chi connectivity index (χ4v) is 3.74. The van der Waals surface area contributed by atoms with Crippen molar-refractivity contribution in [1.82, 2.24) is 5.32 Å². The lowest BCUT2D eigenvalue weighted by molar-refractivity contribution is -0.122. The molecule has 0 fully saturated rings. The number of nitrogens with one attached hydrogen (secondary N) is 1. The second-order valence-electron chi connectivity index (χ2n) is 8.13. The van der Waals surface area contributed by atoms with Gasteiger partial charge in [-0.3, -0.25) is 14.4 Å². The molecular weight excluding hydrogens is 392 g/mol. The Morgan fingerprint density at radius 1 is 0.871 bits per heavy atom. The molecule has 0 spiro atoms. The number of rotatable bonds is 17. The van der Waals surface area contributed by atoms with Crippen LogP contribution in [0.3, 0.4) is 0 Å². The zero-order valence-electron chi connectivity index (χ0n) is 19.0. The summed E-state index contributed by atoms with van der Waals surface area (Å²) in [6, 6.07) is 4.45. The van der Waals surface area contributed by atoms with Gasteiger partial charge in [-0.1, -0.05) is 58.3 Å². The number of benzene rings is 1. The van der Waals surface area contributed by atoms with Gasteiger partial charge in [-0.25, -0.2) is 0 Å². The molecule has 3 amide bonds. The van der Waals surface area contributed by atoms with Crippen molar-refractivity contribution >= 4 is 17.7 Å². The van der Waals surface area contributed by atoms with Gasteiger partial charge in [0, 0.05) is 17.7 Å². The maximum absolute atomic E-state index is 13.0. The highest BCUT2D eigenvalue weighted by Gasteiger charge is 2.25. The van der Waals surface area contributed by atoms with Crippen molar-refractivity contribution in [3.63, 3.8) is 0 Å². The van der Waals surface area contributed by atoms with Gasteiger partial charge in [-0.05, 0) is 49.6 Å². The number of primary amides is 2. The predicted octanol–water partition coefficient (Wildman–Crippen LogP) is 3.35. The molecule has 0 aliphatic rings. The highest BCUT2D eigenvalue weighted by Crippen LogP contribution is 2.27. The normalized spacial score (nSPS) is 11.8. The molecule has 174 valence electrons. The third-order valence-electron chi connectivity index (χ3n) is 5.57. The van der Waals surface area contributed by atoms with Crippen LogP contribution in [0.2, 0.25) is 0 Å². The number of nitrogens with two attached hydrogens (primary N) is 3. The number of amides is 3. The Morgan fingerprint density at radius 3 is 2.10 bits per heavy atom. The van der Waals surface area contributed by atoms with Gasteiger partial charge in [0.05, 0.1) is 5.92 Å². The van der Waals surface area contributed by atoms with Crippen LogP contribution in [-0.4, -0.2) is 30.8 Å². The molecule has 7 heteroatoms. The second kappa shape index (κ2) is 15.4. The maximum Gasteiger partial charge on any atom is 0.249 e. The molecule has 0 aromatic heterocycles. The van der Waals surface area contributed by atoms with E-state index < -0.39 is 17.7 Å². The van der Waals surface area contributed by atoms with Gasteiger partial charge in [-0.2, -0.15) is 0 Å². The molecule has 31 heavy (non-hydrogen) atoms. The average Bonchev–Trinajstić information content (AvgIpc) is 2.75.